The van der Waals surface area contributed by atoms with Crippen molar-refractivity contribution in [2.24, 2.45) is 5.73 Å². The van der Waals surface area contributed by atoms with Crippen LogP contribution in [0.4, 0.5) is 8.78 Å². The largest absolute Gasteiger partial charge is 0.366 e. The van der Waals surface area contributed by atoms with Gasteiger partial charge in [0.05, 0.1) is 5.56 Å². The van der Waals surface area contributed by atoms with Crippen LogP contribution in [-0.4, -0.2) is 22.8 Å². The molecule has 3 rings (SSSR count). The molecule has 1 saturated carbocycles. The summed E-state index contributed by atoms with van der Waals surface area (Å²) in [5, 5.41) is 0. The van der Waals surface area contributed by atoms with E-state index in [9.17, 15) is 18.4 Å². The highest BCUT2D eigenvalue weighted by Crippen LogP contribution is 2.30. The molecule has 0 aromatic heterocycles. The molecule has 0 heterocycles. The van der Waals surface area contributed by atoms with Crippen LogP contribution in [0.5, 0.6) is 0 Å². The van der Waals surface area contributed by atoms with Gasteiger partial charge in [0.25, 0.3) is 5.91 Å². The standard InChI is InChI=1S/C18H16F2N2O2/c19-13-5-8-15(16(20)9-13)18(24)22(14-6-7-14)10-11-1-3-12(4-2-11)17(21)23/h1-5,8-9,14H,6-7,10H2,(H2,21,23). The van der Waals surface area contributed by atoms with Crippen LogP contribution in [0.2, 0.25) is 0 Å². The Morgan fingerprint density at radius 1 is 1.08 bits per heavy atom. The molecule has 2 amide bonds. The van der Waals surface area contributed by atoms with Crippen molar-refractivity contribution in [3.63, 3.8) is 0 Å². The van der Waals surface area contributed by atoms with Crippen LogP contribution in [0, 0.1) is 11.6 Å². The van der Waals surface area contributed by atoms with Gasteiger partial charge in [-0.3, -0.25) is 9.59 Å². The molecule has 6 heteroatoms. The van der Waals surface area contributed by atoms with Crippen LogP contribution in [0.3, 0.4) is 0 Å². The maximum Gasteiger partial charge on any atom is 0.257 e. The molecule has 1 fully saturated rings. The van der Waals surface area contributed by atoms with Gasteiger partial charge in [0, 0.05) is 24.2 Å². The second-order valence-corrected chi connectivity index (χ2v) is 5.85. The van der Waals surface area contributed by atoms with Crippen LogP contribution >= 0.6 is 0 Å². The van der Waals surface area contributed by atoms with Crippen molar-refractivity contribution < 1.29 is 18.4 Å². The van der Waals surface area contributed by atoms with Crippen molar-refractivity contribution in [1.82, 2.24) is 4.90 Å². The predicted molar refractivity (Wildman–Crippen MR) is 84.2 cm³/mol. The quantitative estimate of drug-likeness (QED) is 0.916. The van der Waals surface area contributed by atoms with Crippen molar-refractivity contribution in [1.29, 1.82) is 0 Å². The van der Waals surface area contributed by atoms with Crippen LogP contribution in [0.15, 0.2) is 42.5 Å². The fourth-order valence-electron chi connectivity index (χ4n) is 2.54. The van der Waals surface area contributed by atoms with Crippen LogP contribution in [0.25, 0.3) is 0 Å². The number of nitrogens with zero attached hydrogens (tertiary/aromatic N) is 1. The minimum absolute atomic E-state index is 0.0535. The van der Waals surface area contributed by atoms with E-state index in [0.717, 1.165) is 24.5 Å². The van der Waals surface area contributed by atoms with E-state index in [1.165, 1.54) is 6.07 Å². The van der Waals surface area contributed by atoms with E-state index in [2.05, 4.69) is 0 Å². The van der Waals surface area contributed by atoms with E-state index in [4.69, 9.17) is 5.73 Å². The molecule has 0 radical (unpaired) electrons. The first-order valence-corrected chi connectivity index (χ1v) is 7.60. The fourth-order valence-corrected chi connectivity index (χ4v) is 2.54. The SMILES string of the molecule is NC(=O)c1ccc(CN(C(=O)c2ccc(F)cc2F)C2CC2)cc1. The number of carbonyl (C=O) groups excluding carboxylic acids is 2. The van der Waals surface area contributed by atoms with Gasteiger partial charge in [-0.15, -0.1) is 0 Å². The number of hydrogen-bond donors (Lipinski definition) is 1. The lowest BCUT2D eigenvalue weighted by atomic mass is 10.1. The maximum absolute atomic E-state index is 13.9. The van der Waals surface area contributed by atoms with Crippen molar-refractivity contribution in [2.45, 2.75) is 25.4 Å². The lowest BCUT2D eigenvalue weighted by Gasteiger charge is -2.23. The lowest BCUT2D eigenvalue weighted by Crippen LogP contribution is -2.33. The number of amides is 2. The summed E-state index contributed by atoms with van der Waals surface area (Å²) in [6, 6.07) is 9.60. The van der Waals surface area contributed by atoms with E-state index in [1.807, 2.05) is 0 Å². The van der Waals surface area contributed by atoms with E-state index in [0.29, 0.717) is 18.2 Å². The van der Waals surface area contributed by atoms with Crippen molar-refractivity contribution in [3.05, 3.63) is 70.8 Å². The molecular formula is C18H16F2N2O2. The molecule has 2 aromatic rings. The molecule has 2 N–H and O–H groups in total. The number of hydrogen-bond acceptors (Lipinski definition) is 2. The Balaban J connectivity index is 1.82. The van der Waals surface area contributed by atoms with Crippen LogP contribution < -0.4 is 5.73 Å². The van der Waals surface area contributed by atoms with Gasteiger partial charge in [-0.05, 0) is 42.7 Å². The lowest BCUT2D eigenvalue weighted by molar-refractivity contribution is 0.0724. The minimum Gasteiger partial charge on any atom is -0.366 e. The first kappa shape index (κ1) is 16.1. The molecular weight excluding hydrogens is 314 g/mol. The molecule has 1 aliphatic carbocycles. The monoisotopic (exact) mass is 330 g/mol. The molecule has 0 saturated heterocycles. The Hall–Kier alpha value is -2.76. The van der Waals surface area contributed by atoms with Crippen molar-refractivity contribution in [3.8, 4) is 0 Å². The average molecular weight is 330 g/mol. The van der Waals surface area contributed by atoms with E-state index in [-0.39, 0.29) is 11.6 Å². The van der Waals surface area contributed by atoms with Gasteiger partial charge in [0.1, 0.15) is 11.6 Å². The van der Waals surface area contributed by atoms with Crippen LogP contribution in [0.1, 0.15) is 39.1 Å². The Morgan fingerprint density at radius 3 is 2.29 bits per heavy atom. The molecule has 0 atom stereocenters. The molecule has 1 aliphatic rings. The molecule has 124 valence electrons. The maximum atomic E-state index is 13.9. The Labute approximate surface area is 137 Å². The van der Waals surface area contributed by atoms with Crippen molar-refractivity contribution in [2.75, 3.05) is 0 Å². The third-order valence-corrected chi connectivity index (χ3v) is 4.00. The molecule has 0 bridgehead atoms. The van der Waals surface area contributed by atoms with E-state index >= 15 is 0 Å². The van der Waals surface area contributed by atoms with Gasteiger partial charge in [-0.1, -0.05) is 12.1 Å². The third kappa shape index (κ3) is 3.42. The normalized spacial score (nSPS) is 13.6. The highest BCUT2D eigenvalue weighted by atomic mass is 19.1. The second-order valence-electron chi connectivity index (χ2n) is 5.85. The van der Waals surface area contributed by atoms with Gasteiger partial charge < -0.3 is 10.6 Å². The predicted octanol–water partition coefficient (Wildman–Crippen LogP) is 2.87. The molecule has 0 aliphatic heterocycles. The second kappa shape index (κ2) is 6.39. The van der Waals surface area contributed by atoms with Gasteiger partial charge in [-0.2, -0.15) is 0 Å². The topological polar surface area (TPSA) is 63.4 Å². The molecule has 4 nitrogen and oxygen atoms in total. The summed E-state index contributed by atoms with van der Waals surface area (Å²) >= 11 is 0. The number of primary amides is 1. The third-order valence-electron chi connectivity index (χ3n) is 4.00. The minimum atomic E-state index is -0.866. The zero-order valence-electron chi connectivity index (χ0n) is 12.8. The summed E-state index contributed by atoms with van der Waals surface area (Å²) in [5.41, 5.74) is 6.25. The molecule has 24 heavy (non-hydrogen) atoms. The number of halogens is 2. The summed E-state index contributed by atoms with van der Waals surface area (Å²) in [5.74, 6) is -2.57. The number of carbonyl (C=O) groups is 2. The Morgan fingerprint density at radius 2 is 1.75 bits per heavy atom. The average Bonchev–Trinajstić information content (AvgIpc) is 3.37. The fraction of sp³-hybridized carbons (Fsp3) is 0.222. The molecule has 2 aromatic carbocycles. The van der Waals surface area contributed by atoms with Crippen molar-refractivity contribution >= 4 is 11.8 Å². The number of nitrogens with two attached hydrogens (primary N) is 1. The number of benzene rings is 2. The molecule has 0 spiro atoms. The summed E-state index contributed by atoms with van der Waals surface area (Å²) in [6.45, 7) is 0.291. The summed E-state index contributed by atoms with van der Waals surface area (Å²) in [7, 11) is 0. The van der Waals surface area contributed by atoms with Gasteiger partial charge in [0.2, 0.25) is 5.91 Å². The Bertz CT molecular complexity index is 786. The van der Waals surface area contributed by atoms with Crippen LogP contribution in [-0.2, 0) is 6.54 Å². The van der Waals surface area contributed by atoms with Gasteiger partial charge >= 0.3 is 0 Å². The highest BCUT2D eigenvalue weighted by Gasteiger charge is 2.34. The highest BCUT2D eigenvalue weighted by molar-refractivity contribution is 5.95. The summed E-state index contributed by atoms with van der Waals surface area (Å²) in [6.07, 6.45) is 1.71. The summed E-state index contributed by atoms with van der Waals surface area (Å²) in [4.78, 5) is 25.3. The van der Waals surface area contributed by atoms with E-state index in [1.54, 1.807) is 29.2 Å². The smallest absolute Gasteiger partial charge is 0.257 e. The van der Waals surface area contributed by atoms with Gasteiger partial charge in [0.15, 0.2) is 0 Å². The zero-order valence-corrected chi connectivity index (χ0v) is 12.8. The first-order chi connectivity index (χ1) is 11.5. The Kier molecular flexibility index (Phi) is 4.29. The van der Waals surface area contributed by atoms with Gasteiger partial charge in [-0.25, -0.2) is 8.78 Å². The first-order valence-electron chi connectivity index (χ1n) is 7.60. The van der Waals surface area contributed by atoms with E-state index < -0.39 is 23.4 Å². The zero-order chi connectivity index (χ0) is 17.3. The molecule has 0 unspecified atom stereocenters. The summed E-state index contributed by atoms with van der Waals surface area (Å²) < 4.78 is 26.9. The number of rotatable bonds is 5.